The minimum atomic E-state index is -0.802. The van der Waals surface area contributed by atoms with Crippen LogP contribution in [0, 0.1) is 12.3 Å². The van der Waals surface area contributed by atoms with Crippen molar-refractivity contribution in [1.29, 1.82) is 0 Å². The van der Waals surface area contributed by atoms with E-state index in [2.05, 4.69) is 21.3 Å². The Balaban J connectivity index is 1.31. The Hall–Kier alpha value is -10.1. The fourth-order valence-electron chi connectivity index (χ4n) is 10.6. The van der Waals surface area contributed by atoms with Crippen LogP contribution in [0.4, 0.5) is 0 Å². The number of terminal acetylenes is 1. The maximum Gasteiger partial charge on any atom is 0.243 e. The lowest BCUT2D eigenvalue weighted by molar-refractivity contribution is -0.151. The van der Waals surface area contributed by atoms with Crippen LogP contribution in [0.2, 0.25) is 0 Å². The predicted octanol–water partition coefficient (Wildman–Crippen LogP) is 8.76. The molecule has 0 aliphatic rings. The first-order valence-electron chi connectivity index (χ1n) is 30.1. The molecule has 6 atom stereocenters. The van der Waals surface area contributed by atoms with Crippen LogP contribution in [0.5, 0.6) is 0 Å². The Labute approximate surface area is 528 Å². The van der Waals surface area contributed by atoms with Crippen molar-refractivity contribution in [2.24, 2.45) is 10.8 Å². The van der Waals surface area contributed by atoms with Crippen LogP contribution < -0.4 is 11.1 Å². The summed E-state index contributed by atoms with van der Waals surface area (Å²) in [7, 11) is 0. The largest absolute Gasteiger partial charge is 0.368 e. The molecule has 0 aliphatic heterocycles. The van der Waals surface area contributed by atoms with Gasteiger partial charge in [0.2, 0.25) is 47.3 Å². The number of hydrogen-bond donors (Lipinski definition) is 2. The predicted molar refractivity (Wildman–Crippen MR) is 346 cm³/mol. The average Bonchev–Trinajstić information content (AvgIpc) is 1.73. The minimum Gasteiger partial charge on any atom is -0.368 e. The van der Waals surface area contributed by atoms with Crippen molar-refractivity contribution in [2.75, 3.05) is 72.0 Å². The van der Waals surface area contributed by atoms with Gasteiger partial charge in [-0.05, 0) is 86.9 Å². The molecular weight excluding hydrogens is 1140 g/mol. The highest BCUT2D eigenvalue weighted by Gasteiger charge is 2.36. The lowest BCUT2D eigenvalue weighted by Crippen LogP contribution is -2.53. The van der Waals surface area contributed by atoms with E-state index in [0.717, 1.165) is 16.0 Å². The first kappa shape index (κ1) is 69.0. The topological polar surface area (TPSA) is 246 Å². The molecule has 0 spiro atoms. The summed E-state index contributed by atoms with van der Waals surface area (Å²) >= 11 is 0. The number of benzene rings is 6. The molecule has 0 heterocycles. The molecule has 0 saturated heterocycles. The Morgan fingerprint density at radius 2 is 0.722 bits per heavy atom. The lowest BCUT2D eigenvalue weighted by Gasteiger charge is -2.37. The van der Waals surface area contributed by atoms with Crippen molar-refractivity contribution in [3.63, 3.8) is 0 Å². The zero-order chi connectivity index (χ0) is 65.1. The molecule has 8 amide bonds. The number of azide groups is 1. The van der Waals surface area contributed by atoms with E-state index in [0.29, 0.717) is 22.3 Å². The third-order valence-corrected chi connectivity index (χ3v) is 16.1. The zero-order valence-electron chi connectivity index (χ0n) is 52.2. The van der Waals surface area contributed by atoms with E-state index in [1.807, 2.05) is 111 Å². The maximum absolute atomic E-state index is 15.3. The number of nitrogens with two attached hydrogens (primary N) is 1. The smallest absolute Gasteiger partial charge is 0.243 e. The second kappa shape index (κ2) is 35.0. The molecule has 0 aliphatic carbocycles. The van der Waals surface area contributed by atoms with E-state index >= 15 is 19.2 Å². The molecule has 0 saturated carbocycles. The van der Waals surface area contributed by atoms with Crippen molar-refractivity contribution in [3.05, 3.63) is 226 Å². The van der Waals surface area contributed by atoms with Gasteiger partial charge >= 0.3 is 0 Å². The maximum atomic E-state index is 15.3. The lowest BCUT2D eigenvalue weighted by atomic mass is 10.0. The van der Waals surface area contributed by atoms with Gasteiger partial charge in [-0.15, -0.1) is 6.42 Å². The number of hydrogen-bond acceptors (Lipinski definition) is 10. The molecule has 0 bridgehead atoms. The fourth-order valence-corrected chi connectivity index (χ4v) is 10.6. The van der Waals surface area contributed by atoms with Gasteiger partial charge < -0.3 is 45.3 Å². The van der Waals surface area contributed by atoms with Crippen LogP contribution in [-0.4, -0.2) is 154 Å². The van der Waals surface area contributed by atoms with Gasteiger partial charge in [0, 0.05) is 24.0 Å². The number of carbonyl (C=O) groups excluding carboxylic acids is 8. The van der Waals surface area contributed by atoms with Crippen LogP contribution >= 0.6 is 0 Å². The van der Waals surface area contributed by atoms with Gasteiger partial charge in [-0.2, -0.15) is 0 Å². The molecule has 0 radical (unpaired) electrons. The number of primary amides is 1. The number of carbonyl (C=O) groups is 8. The van der Waals surface area contributed by atoms with Crippen molar-refractivity contribution in [1.82, 2.24) is 39.6 Å². The van der Waals surface area contributed by atoms with E-state index in [1.165, 1.54) is 29.4 Å². The van der Waals surface area contributed by atoms with Crippen LogP contribution in [0.25, 0.3) is 10.4 Å². The summed E-state index contributed by atoms with van der Waals surface area (Å²) in [5, 5.41) is 6.93. The molecule has 0 unspecified atom stereocenters. The highest BCUT2D eigenvalue weighted by atomic mass is 16.2. The Bertz CT molecular complexity index is 3410. The Kier molecular flexibility index (Phi) is 26.9. The van der Waals surface area contributed by atoms with Crippen LogP contribution in [0.1, 0.15) is 118 Å². The summed E-state index contributed by atoms with van der Waals surface area (Å²) in [6.07, 6.45) is 6.11. The van der Waals surface area contributed by atoms with Crippen molar-refractivity contribution in [2.45, 2.75) is 84.2 Å². The third-order valence-electron chi connectivity index (χ3n) is 16.1. The highest BCUT2D eigenvalue weighted by molar-refractivity contribution is 5.94. The molecule has 90 heavy (non-hydrogen) atoms. The van der Waals surface area contributed by atoms with Gasteiger partial charge in [0.15, 0.2) is 0 Å². The monoisotopic (exact) mass is 1220 g/mol. The Morgan fingerprint density at radius 3 is 1.06 bits per heavy atom. The van der Waals surface area contributed by atoms with E-state index in [-0.39, 0.29) is 44.5 Å². The van der Waals surface area contributed by atoms with Gasteiger partial charge in [-0.3, -0.25) is 38.4 Å². The van der Waals surface area contributed by atoms with Gasteiger partial charge in [0.1, 0.15) is 32.7 Å². The Morgan fingerprint density at radius 1 is 0.433 bits per heavy atom. The van der Waals surface area contributed by atoms with Gasteiger partial charge in [0.05, 0.1) is 56.4 Å². The summed E-state index contributed by atoms with van der Waals surface area (Å²) in [5.74, 6) is -2.47. The number of amides is 8. The van der Waals surface area contributed by atoms with E-state index < -0.39 is 117 Å². The van der Waals surface area contributed by atoms with Crippen LogP contribution in [0.3, 0.4) is 0 Å². The molecule has 20 heteroatoms. The summed E-state index contributed by atoms with van der Waals surface area (Å²) in [5.41, 5.74) is 19.2. The van der Waals surface area contributed by atoms with Crippen molar-refractivity contribution < 1.29 is 38.4 Å². The van der Waals surface area contributed by atoms with E-state index in [9.17, 15) is 19.2 Å². The number of rotatable bonds is 33. The second-order valence-electron chi connectivity index (χ2n) is 22.1. The molecule has 3 N–H and O–H groups in total. The molecule has 6 aromatic rings. The summed E-state index contributed by atoms with van der Waals surface area (Å²) in [6, 6.07) is 51.3. The molecule has 6 aromatic carbocycles. The quantitative estimate of drug-likeness (QED) is 0.0131. The van der Waals surface area contributed by atoms with Gasteiger partial charge in [-0.25, -0.2) is 0 Å². The molecule has 6 rings (SSSR count). The normalized spacial score (nSPS) is 12.8. The first-order valence-corrected chi connectivity index (χ1v) is 30.1. The molecule has 470 valence electrons. The van der Waals surface area contributed by atoms with Crippen LogP contribution in [-0.2, 0) is 38.4 Å². The standard InChI is InChI=1S/C70H82N12O8/c1-8-41-76(65(85)47-80(54(5)60-34-21-12-22-35-60)69(89)49-79(53(4)59-32-19-11-20-33-59)64(84)43-73-51(2)57-28-15-9-16-29-57)45-68(88)82(56(7)62-38-25-14-26-39-62)50-70(90)81(55(6)61-36-23-13-24-37-61)48-66(86)77(42-27-40-74-75-72)46-67(87)78(44-63(71)83)52(3)58-30-17-10-18-31-58/h1,9-26,28-39,51-56,73H,27,40-50H2,2-7H3,(H2,71,83)/t51-,52-,53-,54-,55-,56-/m0/s1. The van der Waals surface area contributed by atoms with Gasteiger partial charge in [0.25, 0.3) is 0 Å². The number of nitrogens with one attached hydrogen (secondary N) is 1. The third kappa shape index (κ3) is 20.0. The van der Waals surface area contributed by atoms with Crippen LogP contribution in [0.15, 0.2) is 187 Å². The van der Waals surface area contributed by atoms with Gasteiger partial charge in [-0.1, -0.05) is 193 Å². The summed E-state index contributed by atoms with van der Waals surface area (Å²) in [4.78, 5) is 129. The van der Waals surface area contributed by atoms with E-state index in [4.69, 9.17) is 17.7 Å². The summed E-state index contributed by atoms with van der Waals surface area (Å²) < 4.78 is 0. The van der Waals surface area contributed by atoms with Crippen molar-refractivity contribution in [3.8, 4) is 12.3 Å². The zero-order valence-corrected chi connectivity index (χ0v) is 52.2. The SMILES string of the molecule is C#CCN(CC(=O)N(CC(=O)N(CC(=O)N(CCCN=[N+]=[N-])CC(=O)N(CC(N)=O)[C@@H](C)c1ccccc1)[C@@H](C)c1ccccc1)[C@@H](C)c1ccccc1)C(=O)CN(C(=O)CN(C(=O)CN[C@@H](C)c1ccccc1)[C@@H](C)c1ccccc1)[C@@H](C)c1ccccc1. The molecular formula is C70H82N12O8. The number of nitrogens with zero attached hydrogens (tertiary/aromatic N) is 10. The fraction of sp³-hybridized carbons (Fsp3) is 0.343. The second-order valence-corrected chi connectivity index (χ2v) is 22.1. The minimum absolute atomic E-state index is 0.0160. The average molecular weight is 1220 g/mol. The summed E-state index contributed by atoms with van der Waals surface area (Å²) in [6.45, 7) is 6.45. The molecule has 0 fully saturated rings. The first-order chi connectivity index (χ1) is 43.3. The van der Waals surface area contributed by atoms with Crippen molar-refractivity contribution >= 4 is 47.3 Å². The molecule has 0 aromatic heterocycles. The van der Waals surface area contributed by atoms with E-state index in [1.54, 1.807) is 113 Å². The highest BCUT2D eigenvalue weighted by Crippen LogP contribution is 2.28. The molecule has 20 nitrogen and oxygen atoms in total.